The summed E-state index contributed by atoms with van der Waals surface area (Å²) in [5.41, 5.74) is 1.93. The zero-order chi connectivity index (χ0) is 13.5. The first-order valence-electron chi connectivity index (χ1n) is 6.29. The van der Waals surface area contributed by atoms with E-state index in [0.29, 0.717) is 11.8 Å². The number of H-pyrrole nitrogens is 1. The van der Waals surface area contributed by atoms with Crippen molar-refractivity contribution in [3.05, 3.63) is 34.9 Å². The van der Waals surface area contributed by atoms with E-state index in [4.69, 9.17) is 21.6 Å². The number of aromatic amines is 1. The molecule has 1 fully saturated rings. The van der Waals surface area contributed by atoms with Crippen LogP contribution in [0.3, 0.4) is 0 Å². The molecule has 0 amide bonds. The summed E-state index contributed by atoms with van der Waals surface area (Å²) in [6.07, 6.45) is 4.11. The Balaban J connectivity index is 1.86. The normalized spacial score (nSPS) is 14.6. The van der Waals surface area contributed by atoms with Gasteiger partial charge in [-0.3, -0.25) is 4.98 Å². The van der Waals surface area contributed by atoms with Crippen molar-refractivity contribution in [3.63, 3.8) is 0 Å². The molecule has 100 valence electrons. The summed E-state index contributed by atoms with van der Waals surface area (Å²) in [4.78, 5) is 10.3. The Kier molecular flexibility index (Phi) is 2.75. The van der Waals surface area contributed by atoms with Gasteiger partial charge in [0.2, 0.25) is 0 Å². The Hall–Kier alpha value is -1.86. The minimum Gasteiger partial charge on any atom is -0.408 e. The fourth-order valence-corrected chi connectivity index (χ4v) is 3.22. The smallest absolute Gasteiger partial charge is 0.284 e. The van der Waals surface area contributed by atoms with Crippen LogP contribution in [0.25, 0.3) is 21.5 Å². The van der Waals surface area contributed by atoms with Crippen molar-refractivity contribution in [1.29, 1.82) is 0 Å². The van der Waals surface area contributed by atoms with Crippen molar-refractivity contribution in [2.45, 2.75) is 18.8 Å². The first-order valence-corrected chi connectivity index (χ1v) is 7.52. The van der Waals surface area contributed by atoms with E-state index in [2.05, 4.69) is 15.2 Å². The molecule has 1 N–H and O–H groups in total. The minimum absolute atomic E-state index is 0.287. The summed E-state index contributed by atoms with van der Waals surface area (Å²) in [5.74, 6) is 1.04. The van der Waals surface area contributed by atoms with Gasteiger partial charge >= 0.3 is 0 Å². The van der Waals surface area contributed by atoms with Gasteiger partial charge < -0.3 is 4.42 Å². The number of aromatic nitrogens is 4. The van der Waals surface area contributed by atoms with Crippen LogP contribution in [0.15, 0.2) is 28.8 Å². The van der Waals surface area contributed by atoms with Crippen molar-refractivity contribution in [3.8, 4) is 21.5 Å². The lowest BCUT2D eigenvalue weighted by Gasteiger charge is -1.93. The van der Waals surface area contributed by atoms with Crippen LogP contribution in [-0.2, 0) is 0 Å². The lowest BCUT2D eigenvalue weighted by molar-refractivity contribution is 0.552. The van der Waals surface area contributed by atoms with Gasteiger partial charge in [-0.25, -0.2) is 10.1 Å². The second-order valence-corrected chi connectivity index (χ2v) is 6.01. The molecule has 3 aromatic heterocycles. The van der Waals surface area contributed by atoms with Gasteiger partial charge in [-0.2, -0.15) is 0 Å². The average Bonchev–Trinajstić information content (AvgIpc) is 3.08. The molecule has 5 nitrogen and oxygen atoms in total. The van der Waals surface area contributed by atoms with E-state index in [9.17, 15) is 0 Å². The van der Waals surface area contributed by atoms with Crippen molar-refractivity contribution in [1.82, 2.24) is 20.2 Å². The Labute approximate surface area is 123 Å². The first-order chi connectivity index (χ1) is 9.81. The molecule has 0 unspecified atom stereocenters. The van der Waals surface area contributed by atoms with Crippen molar-refractivity contribution >= 4 is 23.6 Å². The molecule has 3 heterocycles. The number of hydrogen-bond donors (Lipinski definition) is 1. The van der Waals surface area contributed by atoms with E-state index in [1.54, 1.807) is 17.5 Å². The summed E-state index contributed by atoms with van der Waals surface area (Å²) in [5, 5.41) is 7.68. The quantitative estimate of drug-likeness (QED) is 0.745. The SMILES string of the molecule is S=c1[nH]nc(-c2sc(-c3ccccn3)nc2C2CC2)o1. The third kappa shape index (κ3) is 2.08. The fraction of sp³-hybridized carbons (Fsp3) is 0.231. The number of nitrogens with zero attached hydrogens (tertiary/aromatic N) is 3. The third-order valence-electron chi connectivity index (χ3n) is 3.13. The molecule has 0 bridgehead atoms. The number of thiazole rings is 1. The Morgan fingerprint density at radius 3 is 2.90 bits per heavy atom. The third-order valence-corrected chi connectivity index (χ3v) is 4.39. The van der Waals surface area contributed by atoms with Crippen LogP contribution in [0.4, 0.5) is 0 Å². The predicted molar refractivity (Wildman–Crippen MR) is 78.0 cm³/mol. The summed E-state index contributed by atoms with van der Waals surface area (Å²) >= 11 is 6.50. The molecular formula is C13H10N4OS2. The highest BCUT2D eigenvalue weighted by molar-refractivity contribution is 7.71. The monoisotopic (exact) mass is 302 g/mol. The zero-order valence-electron chi connectivity index (χ0n) is 10.4. The Morgan fingerprint density at radius 1 is 1.35 bits per heavy atom. The van der Waals surface area contributed by atoms with Gasteiger partial charge in [0.15, 0.2) is 0 Å². The van der Waals surface area contributed by atoms with Gasteiger partial charge in [0, 0.05) is 12.1 Å². The maximum Gasteiger partial charge on any atom is 0.284 e. The van der Waals surface area contributed by atoms with Gasteiger partial charge in [-0.1, -0.05) is 6.07 Å². The summed E-state index contributed by atoms with van der Waals surface area (Å²) in [6.45, 7) is 0. The molecule has 0 atom stereocenters. The standard InChI is InChI=1S/C13H10N4OS2/c19-13-17-16-11(18-13)10-9(7-4-5-7)15-12(20-10)8-3-1-2-6-14-8/h1-3,6-7H,4-5H2,(H,17,19). The second-order valence-electron chi connectivity index (χ2n) is 4.64. The van der Waals surface area contributed by atoms with E-state index >= 15 is 0 Å². The molecular weight excluding hydrogens is 292 g/mol. The summed E-state index contributed by atoms with van der Waals surface area (Å²) in [6, 6.07) is 5.81. The Morgan fingerprint density at radius 2 is 2.25 bits per heavy atom. The first kappa shape index (κ1) is 11.9. The van der Waals surface area contributed by atoms with E-state index in [1.165, 1.54) is 12.8 Å². The average molecular weight is 302 g/mol. The van der Waals surface area contributed by atoms with Crippen LogP contribution in [-0.4, -0.2) is 20.2 Å². The minimum atomic E-state index is 0.287. The maximum atomic E-state index is 5.44. The van der Waals surface area contributed by atoms with Crippen molar-refractivity contribution < 1.29 is 4.42 Å². The van der Waals surface area contributed by atoms with Crippen molar-refractivity contribution in [2.75, 3.05) is 0 Å². The lowest BCUT2D eigenvalue weighted by atomic mass is 10.2. The summed E-state index contributed by atoms with van der Waals surface area (Å²) < 4.78 is 5.44. The molecule has 4 rings (SSSR count). The lowest BCUT2D eigenvalue weighted by Crippen LogP contribution is -1.85. The van der Waals surface area contributed by atoms with Crippen LogP contribution in [0.1, 0.15) is 24.5 Å². The number of nitrogens with one attached hydrogen (secondary N) is 1. The number of pyridine rings is 1. The van der Waals surface area contributed by atoms with E-state index in [-0.39, 0.29) is 4.84 Å². The number of hydrogen-bond acceptors (Lipinski definition) is 6. The van der Waals surface area contributed by atoms with E-state index in [1.807, 2.05) is 18.2 Å². The van der Waals surface area contributed by atoms with Crippen LogP contribution < -0.4 is 0 Å². The van der Waals surface area contributed by atoms with E-state index in [0.717, 1.165) is 21.3 Å². The molecule has 0 aliphatic heterocycles. The van der Waals surface area contributed by atoms with Gasteiger partial charge in [0.1, 0.15) is 9.88 Å². The van der Waals surface area contributed by atoms with E-state index < -0.39 is 0 Å². The molecule has 20 heavy (non-hydrogen) atoms. The fourth-order valence-electron chi connectivity index (χ4n) is 2.04. The molecule has 1 aliphatic rings. The topological polar surface area (TPSA) is 67.6 Å². The molecule has 0 radical (unpaired) electrons. The van der Waals surface area contributed by atoms with Crippen LogP contribution in [0.5, 0.6) is 0 Å². The maximum absolute atomic E-state index is 5.44. The molecule has 7 heteroatoms. The molecule has 1 aliphatic carbocycles. The van der Waals surface area contributed by atoms with Gasteiger partial charge in [-0.05, 0) is 37.2 Å². The highest BCUT2D eigenvalue weighted by Gasteiger charge is 2.32. The zero-order valence-corrected chi connectivity index (χ0v) is 12.0. The molecule has 0 saturated heterocycles. The van der Waals surface area contributed by atoms with Crippen LogP contribution in [0, 0.1) is 4.84 Å². The molecule has 1 saturated carbocycles. The molecule has 0 aromatic carbocycles. The molecule has 3 aromatic rings. The van der Waals surface area contributed by atoms with Crippen LogP contribution in [0.2, 0.25) is 0 Å². The highest BCUT2D eigenvalue weighted by atomic mass is 32.1. The highest BCUT2D eigenvalue weighted by Crippen LogP contribution is 2.47. The summed E-state index contributed by atoms with van der Waals surface area (Å²) in [7, 11) is 0. The number of rotatable bonds is 3. The van der Waals surface area contributed by atoms with Gasteiger partial charge in [-0.15, -0.1) is 16.4 Å². The molecule has 0 spiro atoms. The van der Waals surface area contributed by atoms with Crippen LogP contribution >= 0.6 is 23.6 Å². The van der Waals surface area contributed by atoms with Crippen molar-refractivity contribution in [2.24, 2.45) is 0 Å². The van der Waals surface area contributed by atoms with Gasteiger partial charge in [0.25, 0.3) is 10.7 Å². The van der Waals surface area contributed by atoms with Gasteiger partial charge in [0.05, 0.1) is 11.4 Å². The predicted octanol–water partition coefficient (Wildman–Crippen LogP) is 3.80. The Bertz CT molecular complexity index is 801. The largest absolute Gasteiger partial charge is 0.408 e. The second kappa shape index (κ2) is 4.60.